The maximum atomic E-state index is 12.9. The number of benzene rings is 2. The van der Waals surface area contributed by atoms with Crippen LogP contribution in [0.15, 0.2) is 48.0 Å². The normalized spacial score (nSPS) is 15.7. The summed E-state index contributed by atoms with van der Waals surface area (Å²) in [6.07, 6.45) is 0. The molecular weight excluding hydrogens is 388 g/mol. The summed E-state index contributed by atoms with van der Waals surface area (Å²) in [5, 5.41) is 5.54. The number of hydrogen-bond donors (Lipinski definition) is 2. The predicted molar refractivity (Wildman–Crippen MR) is 111 cm³/mol. The zero-order chi connectivity index (χ0) is 21.7. The highest BCUT2D eigenvalue weighted by Crippen LogP contribution is 2.42. The first-order valence-electron chi connectivity index (χ1n) is 9.38. The zero-order valence-electron chi connectivity index (χ0n) is 17.3. The highest BCUT2D eigenvalue weighted by molar-refractivity contribution is 6.04. The molecule has 8 nitrogen and oxygen atoms in total. The molecule has 0 aromatic heterocycles. The highest BCUT2D eigenvalue weighted by Gasteiger charge is 2.35. The van der Waals surface area contributed by atoms with Gasteiger partial charge >= 0.3 is 12.0 Å². The maximum Gasteiger partial charge on any atom is 0.338 e. The third kappa shape index (κ3) is 4.03. The quantitative estimate of drug-likeness (QED) is 0.679. The topological polar surface area (TPSA) is 95.1 Å². The lowest BCUT2D eigenvalue weighted by molar-refractivity contribution is -0.138. The molecular formula is C22H24N2O6. The van der Waals surface area contributed by atoms with Crippen LogP contribution < -0.4 is 24.8 Å². The monoisotopic (exact) mass is 412 g/mol. The summed E-state index contributed by atoms with van der Waals surface area (Å²) in [4.78, 5) is 25.4. The molecule has 1 aliphatic rings. The van der Waals surface area contributed by atoms with Gasteiger partial charge in [0, 0.05) is 0 Å². The Bertz CT molecular complexity index is 946. The van der Waals surface area contributed by atoms with Gasteiger partial charge in [-0.25, -0.2) is 9.59 Å². The number of nitrogens with one attached hydrogen (secondary N) is 2. The lowest BCUT2D eigenvalue weighted by Gasteiger charge is -2.30. The van der Waals surface area contributed by atoms with Crippen LogP contribution in [0.2, 0.25) is 0 Å². The molecule has 158 valence electrons. The molecule has 2 aromatic carbocycles. The number of ether oxygens (including phenoxy) is 4. The molecule has 0 saturated carbocycles. The van der Waals surface area contributed by atoms with Crippen molar-refractivity contribution in [3.63, 3.8) is 0 Å². The van der Waals surface area contributed by atoms with Gasteiger partial charge in [0.2, 0.25) is 5.75 Å². The van der Waals surface area contributed by atoms with E-state index in [4.69, 9.17) is 18.9 Å². The SMILES string of the molecule is CCOC(=O)C1=C(c2ccccc2)NC(=O)N[C@@H]1c1cc(OC)c(OC)c(OC)c1. The van der Waals surface area contributed by atoms with E-state index in [0.717, 1.165) is 0 Å². The van der Waals surface area contributed by atoms with Gasteiger partial charge in [-0.2, -0.15) is 0 Å². The van der Waals surface area contributed by atoms with E-state index in [9.17, 15) is 9.59 Å². The number of amides is 2. The molecule has 0 aliphatic carbocycles. The molecule has 2 aromatic rings. The van der Waals surface area contributed by atoms with Crippen molar-refractivity contribution < 1.29 is 28.5 Å². The fourth-order valence-electron chi connectivity index (χ4n) is 3.34. The molecule has 0 fully saturated rings. The smallest absolute Gasteiger partial charge is 0.338 e. The molecule has 1 heterocycles. The van der Waals surface area contributed by atoms with E-state index in [0.29, 0.717) is 34.1 Å². The Morgan fingerprint density at radius 2 is 1.63 bits per heavy atom. The first-order valence-corrected chi connectivity index (χ1v) is 9.38. The van der Waals surface area contributed by atoms with Crippen LogP contribution in [-0.2, 0) is 9.53 Å². The Labute approximate surface area is 174 Å². The molecule has 3 rings (SSSR count). The van der Waals surface area contributed by atoms with Crippen molar-refractivity contribution in [2.24, 2.45) is 0 Å². The van der Waals surface area contributed by atoms with Crippen LogP contribution in [0.5, 0.6) is 17.2 Å². The average molecular weight is 412 g/mol. The van der Waals surface area contributed by atoms with Gasteiger partial charge in [0.1, 0.15) is 0 Å². The van der Waals surface area contributed by atoms with E-state index < -0.39 is 18.0 Å². The fourth-order valence-corrected chi connectivity index (χ4v) is 3.34. The van der Waals surface area contributed by atoms with Crippen LogP contribution >= 0.6 is 0 Å². The van der Waals surface area contributed by atoms with Crippen molar-refractivity contribution in [1.29, 1.82) is 0 Å². The second kappa shape index (κ2) is 9.21. The van der Waals surface area contributed by atoms with Crippen LogP contribution in [0.1, 0.15) is 24.1 Å². The first kappa shape index (κ1) is 21.0. The number of esters is 1. The maximum absolute atomic E-state index is 12.9. The second-order valence-corrected chi connectivity index (χ2v) is 6.37. The van der Waals surface area contributed by atoms with Crippen LogP contribution in [-0.4, -0.2) is 39.9 Å². The van der Waals surface area contributed by atoms with E-state index in [1.54, 1.807) is 19.1 Å². The van der Waals surface area contributed by atoms with Gasteiger partial charge in [0.05, 0.1) is 45.2 Å². The Morgan fingerprint density at radius 3 is 2.17 bits per heavy atom. The molecule has 1 atom stereocenters. The van der Waals surface area contributed by atoms with Crippen molar-refractivity contribution in [2.45, 2.75) is 13.0 Å². The predicted octanol–water partition coefficient (Wildman–Crippen LogP) is 3.04. The van der Waals surface area contributed by atoms with Crippen molar-refractivity contribution in [1.82, 2.24) is 10.6 Å². The Kier molecular flexibility index (Phi) is 6.46. The lowest BCUT2D eigenvalue weighted by Crippen LogP contribution is -2.45. The van der Waals surface area contributed by atoms with E-state index in [2.05, 4.69) is 10.6 Å². The van der Waals surface area contributed by atoms with Gasteiger partial charge in [0.15, 0.2) is 11.5 Å². The number of rotatable bonds is 7. The van der Waals surface area contributed by atoms with Gasteiger partial charge in [-0.1, -0.05) is 30.3 Å². The minimum Gasteiger partial charge on any atom is -0.493 e. The van der Waals surface area contributed by atoms with E-state index in [1.165, 1.54) is 21.3 Å². The molecule has 2 amide bonds. The fraction of sp³-hybridized carbons (Fsp3) is 0.273. The summed E-state index contributed by atoms with van der Waals surface area (Å²) in [6, 6.07) is 11.3. The summed E-state index contributed by atoms with van der Waals surface area (Å²) >= 11 is 0. The molecule has 0 saturated heterocycles. The number of urea groups is 1. The van der Waals surface area contributed by atoms with Crippen molar-refractivity contribution in [2.75, 3.05) is 27.9 Å². The van der Waals surface area contributed by atoms with Gasteiger partial charge in [-0.15, -0.1) is 0 Å². The molecule has 2 N–H and O–H groups in total. The largest absolute Gasteiger partial charge is 0.493 e. The lowest BCUT2D eigenvalue weighted by atomic mass is 9.92. The van der Waals surface area contributed by atoms with E-state index in [-0.39, 0.29) is 12.2 Å². The van der Waals surface area contributed by atoms with E-state index in [1.807, 2.05) is 30.3 Å². The van der Waals surface area contributed by atoms with Crippen LogP contribution in [0.25, 0.3) is 5.70 Å². The number of carbonyl (C=O) groups is 2. The number of methoxy groups -OCH3 is 3. The van der Waals surface area contributed by atoms with Gasteiger partial charge in [-0.3, -0.25) is 0 Å². The summed E-state index contributed by atoms with van der Waals surface area (Å²) in [7, 11) is 4.50. The second-order valence-electron chi connectivity index (χ2n) is 6.37. The summed E-state index contributed by atoms with van der Waals surface area (Å²) in [5.74, 6) is 0.685. The van der Waals surface area contributed by atoms with Gasteiger partial charge < -0.3 is 29.6 Å². The van der Waals surface area contributed by atoms with E-state index >= 15 is 0 Å². The van der Waals surface area contributed by atoms with Crippen molar-refractivity contribution >= 4 is 17.7 Å². The summed E-state index contributed by atoms with van der Waals surface area (Å²) in [6.45, 7) is 1.92. The Hall–Kier alpha value is -3.68. The molecule has 0 spiro atoms. The molecule has 1 aliphatic heterocycles. The van der Waals surface area contributed by atoms with Crippen LogP contribution in [0.4, 0.5) is 4.79 Å². The third-order valence-electron chi connectivity index (χ3n) is 4.65. The van der Waals surface area contributed by atoms with Crippen LogP contribution in [0, 0.1) is 0 Å². The average Bonchev–Trinajstić information content (AvgIpc) is 2.78. The molecule has 0 radical (unpaired) electrons. The standard InChI is InChI=1S/C22H24N2O6/c1-5-30-21(25)17-18(13-9-7-6-8-10-13)23-22(26)24-19(17)14-11-15(27-2)20(29-4)16(12-14)28-3/h6-12,19H,5H2,1-4H3,(H2,23,24,26)/t19-/m1/s1. The number of carbonyl (C=O) groups excluding carboxylic acids is 2. The van der Waals surface area contributed by atoms with Crippen molar-refractivity contribution in [3.05, 3.63) is 59.2 Å². The molecule has 8 heteroatoms. The Balaban J connectivity index is 2.23. The minimum atomic E-state index is -0.790. The van der Waals surface area contributed by atoms with Crippen LogP contribution in [0.3, 0.4) is 0 Å². The highest BCUT2D eigenvalue weighted by atomic mass is 16.5. The zero-order valence-corrected chi connectivity index (χ0v) is 17.3. The molecule has 0 bridgehead atoms. The molecule has 30 heavy (non-hydrogen) atoms. The minimum absolute atomic E-state index is 0.195. The van der Waals surface area contributed by atoms with Gasteiger partial charge in [-0.05, 0) is 30.2 Å². The van der Waals surface area contributed by atoms with Gasteiger partial charge in [0.25, 0.3) is 0 Å². The third-order valence-corrected chi connectivity index (χ3v) is 4.65. The van der Waals surface area contributed by atoms with Crippen molar-refractivity contribution in [3.8, 4) is 17.2 Å². The first-order chi connectivity index (χ1) is 14.5. The Morgan fingerprint density at radius 1 is 1.00 bits per heavy atom. The summed E-state index contributed by atoms with van der Waals surface area (Å²) < 4.78 is 21.5. The molecule has 0 unspecified atom stereocenters. The number of hydrogen-bond acceptors (Lipinski definition) is 6. The summed E-state index contributed by atoms with van der Waals surface area (Å²) in [5.41, 5.74) is 1.93.